The van der Waals surface area contributed by atoms with Gasteiger partial charge in [-0.3, -0.25) is 4.79 Å². The number of hydrogen-bond acceptors (Lipinski definition) is 5. The van der Waals surface area contributed by atoms with Crippen molar-refractivity contribution in [1.82, 2.24) is 24.6 Å². The Labute approximate surface area is 208 Å². The Balaban J connectivity index is 1.27. The van der Waals surface area contributed by atoms with Crippen molar-refractivity contribution in [2.24, 2.45) is 0 Å². The lowest BCUT2D eigenvalue weighted by molar-refractivity contribution is -0.132. The topological polar surface area (TPSA) is 63.9 Å². The van der Waals surface area contributed by atoms with Crippen molar-refractivity contribution in [1.29, 1.82) is 0 Å². The second kappa shape index (κ2) is 10.7. The Morgan fingerprint density at radius 2 is 1.85 bits per heavy atom. The van der Waals surface area contributed by atoms with E-state index >= 15 is 0 Å². The molecule has 176 valence electrons. The summed E-state index contributed by atoms with van der Waals surface area (Å²) >= 11 is 7.82. The van der Waals surface area contributed by atoms with E-state index in [2.05, 4.69) is 33.0 Å². The molecule has 0 radical (unpaired) electrons. The first-order chi connectivity index (χ1) is 16.7. The molecule has 1 saturated heterocycles. The van der Waals surface area contributed by atoms with Crippen LogP contribution in [0.15, 0.2) is 53.7 Å². The third-order valence-electron chi connectivity index (χ3n) is 6.31. The van der Waals surface area contributed by atoms with Gasteiger partial charge in [0.1, 0.15) is 5.52 Å². The van der Waals surface area contributed by atoms with Crippen LogP contribution in [-0.2, 0) is 11.3 Å². The molecule has 0 N–H and O–H groups in total. The van der Waals surface area contributed by atoms with Gasteiger partial charge in [0.15, 0.2) is 5.65 Å². The summed E-state index contributed by atoms with van der Waals surface area (Å²) in [6.45, 7) is 2.51. The van der Waals surface area contributed by atoms with Crippen molar-refractivity contribution >= 4 is 51.3 Å². The minimum atomic E-state index is 0.301. The Hall–Kier alpha value is -2.64. The van der Waals surface area contributed by atoms with Gasteiger partial charge in [-0.15, -0.1) is 10.2 Å². The quantitative estimate of drug-likeness (QED) is 0.224. The maximum Gasteiger partial charge on any atom is 0.222 e. The van der Waals surface area contributed by atoms with Crippen LogP contribution in [0.25, 0.3) is 22.1 Å². The number of amides is 1. The average molecular weight is 494 g/mol. The van der Waals surface area contributed by atoms with Crippen LogP contribution in [0.2, 0.25) is 5.02 Å². The summed E-state index contributed by atoms with van der Waals surface area (Å²) in [5.41, 5.74) is 3.84. The Morgan fingerprint density at radius 3 is 2.71 bits per heavy atom. The fraction of sp³-hybridized carbons (Fsp3) is 0.385. The summed E-state index contributed by atoms with van der Waals surface area (Å²) in [4.78, 5) is 19.3. The molecule has 1 amide bonds. The standard InChI is InChI=1S/C26H28ClN5OS/c27-20-10-8-9-19(17-20)18-32-22-12-3-2-11-21(22)24-25(32)28-26(30-29-24)34-16-7-4-13-23(33)31-14-5-1-6-15-31/h2-3,8-12,17H,1,4-7,13-16,18H2. The van der Waals surface area contributed by atoms with Gasteiger partial charge in [0.2, 0.25) is 11.1 Å². The number of unbranched alkanes of at least 4 members (excludes halogenated alkanes) is 1. The van der Waals surface area contributed by atoms with Crippen molar-refractivity contribution < 1.29 is 4.79 Å². The smallest absolute Gasteiger partial charge is 0.222 e. The maximum absolute atomic E-state index is 12.3. The molecule has 34 heavy (non-hydrogen) atoms. The van der Waals surface area contributed by atoms with E-state index < -0.39 is 0 Å². The van der Waals surface area contributed by atoms with Gasteiger partial charge in [0, 0.05) is 42.2 Å². The average Bonchev–Trinajstić information content (AvgIpc) is 3.17. The number of benzene rings is 2. The zero-order valence-corrected chi connectivity index (χ0v) is 20.7. The molecule has 0 aliphatic carbocycles. The largest absolute Gasteiger partial charge is 0.343 e. The van der Waals surface area contributed by atoms with Gasteiger partial charge in [-0.25, -0.2) is 4.98 Å². The Morgan fingerprint density at radius 1 is 1.00 bits per heavy atom. The predicted molar refractivity (Wildman–Crippen MR) is 138 cm³/mol. The molecule has 3 heterocycles. The van der Waals surface area contributed by atoms with Crippen LogP contribution in [0.1, 0.15) is 44.1 Å². The second-order valence-corrected chi connectivity index (χ2v) is 10.2. The third kappa shape index (κ3) is 5.20. The lowest BCUT2D eigenvalue weighted by Gasteiger charge is -2.26. The molecule has 6 nitrogen and oxygen atoms in total. The molecule has 8 heteroatoms. The van der Waals surface area contributed by atoms with Gasteiger partial charge in [0.25, 0.3) is 0 Å². The first-order valence-corrected chi connectivity index (χ1v) is 13.3. The molecule has 4 aromatic rings. The van der Waals surface area contributed by atoms with Crippen LogP contribution in [-0.4, -0.2) is 49.4 Å². The summed E-state index contributed by atoms with van der Waals surface area (Å²) in [5, 5.41) is 11.4. The van der Waals surface area contributed by atoms with E-state index in [1.807, 2.05) is 35.2 Å². The van der Waals surface area contributed by atoms with Gasteiger partial charge < -0.3 is 9.47 Å². The molecule has 0 spiro atoms. The number of nitrogens with zero attached hydrogens (tertiary/aromatic N) is 5. The number of halogens is 1. The maximum atomic E-state index is 12.3. The minimum Gasteiger partial charge on any atom is -0.343 e. The Bertz CT molecular complexity index is 1300. The summed E-state index contributed by atoms with van der Waals surface area (Å²) in [6, 6.07) is 16.1. The number of fused-ring (bicyclic) bond motifs is 3. The van der Waals surface area contributed by atoms with Crippen LogP contribution < -0.4 is 0 Å². The van der Waals surface area contributed by atoms with Crippen LogP contribution >= 0.6 is 23.4 Å². The zero-order chi connectivity index (χ0) is 23.3. The van der Waals surface area contributed by atoms with Gasteiger partial charge in [-0.1, -0.05) is 53.7 Å². The fourth-order valence-corrected chi connectivity index (χ4v) is 5.57. The molecule has 1 aliphatic heterocycles. The van der Waals surface area contributed by atoms with Gasteiger partial charge in [-0.2, -0.15) is 0 Å². The summed E-state index contributed by atoms with van der Waals surface area (Å²) < 4.78 is 2.19. The molecule has 0 saturated carbocycles. The highest BCUT2D eigenvalue weighted by atomic mass is 35.5. The van der Waals surface area contributed by atoms with Gasteiger partial charge in [0.05, 0.1) is 5.52 Å². The van der Waals surface area contributed by atoms with E-state index in [0.717, 1.165) is 77.2 Å². The molecule has 5 rings (SSSR count). The summed E-state index contributed by atoms with van der Waals surface area (Å²) in [5.74, 6) is 1.17. The number of aromatic nitrogens is 4. The fourth-order valence-electron chi connectivity index (χ4n) is 4.57. The van der Waals surface area contributed by atoms with Crippen LogP contribution in [0.5, 0.6) is 0 Å². The highest BCUT2D eigenvalue weighted by Crippen LogP contribution is 2.28. The minimum absolute atomic E-state index is 0.301. The number of thioether (sulfide) groups is 1. The number of carbonyl (C=O) groups is 1. The van der Waals surface area contributed by atoms with E-state index in [1.54, 1.807) is 11.8 Å². The van der Waals surface area contributed by atoms with Crippen molar-refractivity contribution in [3.8, 4) is 0 Å². The van der Waals surface area contributed by atoms with Crippen molar-refractivity contribution in [2.75, 3.05) is 18.8 Å². The molecule has 1 fully saturated rings. The molecule has 0 bridgehead atoms. The normalized spacial score (nSPS) is 14.2. The first-order valence-electron chi connectivity index (χ1n) is 12.0. The monoisotopic (exact) mass is 493 g/mol. The second-order valence-electron chi connectivity index (χ2n) is 8.75. The summed E-state index contributed by atoms with van der Waals surface area (Å²) in [7, 11) is 0. The number of para-hydroxylation sites is 1. The van der Waals surface area contributed by atoms with Crippen LogP contribution in [0.3, 0.4) is 0 Å². The van der Waals surface area contributed by atoms with Gasteiger partial charge in [-0.05, 0) is 55.9 Å². The highest BCUT2D eigenvalue weighted by Gasteiger charge is 2.17. The molecule has 2 aromatic carbocycles. The molecular formula is C26H28ClN5OS. The Kier molecular flexibility index (Phi) is 7.30. The SMILES string of the molecule is O=C(CCCCSc1nnc2c3ccccc3n(Cc3cccc(Cl)c3)c2n1)N1CCCCC1. The van der Waals surface area contributed by atoms with Crippen LogP contribution in [0, 0.1) is 0 Å². The highest BCUT2D eigenvalue weighted by molar-refractivity contribution is 7.99. The number of carbonyl (C=O) groups excluding carboxylic acids is 1. The van der Waals surface area contributed by atoms with E-state index in [0.29, 0.717) is 24.0 Å². The molecule has 0 unspecified atom stereocenters. The van der Waals surface area contributed by atoms with E-state index in [-0.39, 0.29) is 0 Å². The number of piperidine rings is 1. The van der Waals surface area contributed by atoms with E-state index in [9.17, 15) is 4.79 Å². The predicted octanol–water partition coefficient (Wildman–Crippen LogP) is 5.96. The number of likely N-dealkylation sites (tertiary alicyclic amines) is 1. The van der Waals surface area contributed by atoms with E-state index in [1.165, 1.54) is 6.42 Å². The van der Waals surface area contributed by atoms with E-state index in [4.69, 9.17) is 16.6 Å². The van der Waals surface area contributed by atoms with Crippen molar-refractivity contribution in [3.05, 3.63) is 59.1 Å². The molecule has 0 atom stereocenters. The molecular weight excluding hydrogens is 466 g/mol. The lowest BCUT2D eigenvalue weighted by atomic mass is 10.1. The molecule has 2 aromatic heterocycles. The van der Waals surface area contributed by atoms with Crippen molar-refractivity contribution in [2.45, 2.75) is 50.2 Å². The zero-order valence-electron chi connectivity index (χ0n) is 19.1. The van der Waals surface area contributed by atoms with Gasteiger partial charge >= 0.3 is 0 Å². The first kappa shape index (κ1) is 23.1. The third-order valence-corrected chi connectivity index (χ3v) is 7.47. The van der Waals surface area contributed by atoms with Crippen LogP contribution in [0.4, 0.5) is 0 Å². The number of rotatable bonds is 8. The molecule has 1 aliphatic rings. The number of hydrogen-bond donors (Lipinski definition) is 0. The lowest BCUT2D eigenvalue weighted by Crippen LogP contribution is -2.35. The van der Waals surface area contributed by atoms with Crippen molar-refractivity contribution in [3.63, 3.8) is 0 Å². The summed E-state index contributed by atoms with van der Waals surface area (Å²) in [6.07, 6.45) is 6.01.